The van der Waals surface area contributed by atoms with Crippen molar-refractivity contribution in [2.24, 2.45) is 0 Å². The van der Waals surface area contributed by atoms with Gasteiger partial charge in [0.15, 0.2) is 0 Å². The van der Waals surface area contributed by atoms with Crippen molar-refractivity contribution in [3.8, 4) is 5.75 Å². The Morgan fingerprint density at radius 3 is 2.67 bits per heavy atom. The number of urea groups is 1. The minimum Gasteiger partial charge on any atom is -0.506 e. The average Bonchev–Trinajstić information content (AvgIpc) is 2.32. The zero-order valence-corrected chi connectivity index (χ0v) is 10.1. The maximum atomic E-state index is 11.4. The van der Waals surface area contributed by atoms with Crippen LogP contribution in [0.2, 0.25) is 0 Å². The number of hydrogen-bond acceptors (Lipinski definition) is 3. The van der Waals surface area contributed by atoms with Crippen molar-refractivity contribution >= 4 is 17.7 Å². The third-order valence-electron chi connectivity index (χ3n) is 2.31. The van der Waals surface area contributed by atoms with Crippen LogP contribution in [0.1, 0.15) is 30.1 Å². The summed E-state index contributed by atoms with van der Waals surface area (Å²) in [5, 5.41) is 23.3. The zero-order valence-electron chi connectivity index (χ0n) is 10.1. The Kier molecular flexibility index (Phi) is 4.98. The Bertz CT molecular complexity index is 446. The molecule has 6 heteroatoms. The second-order valence-electron chi connectivity index (χ2n) is 3.77. The third-order valence-corrected chi connectivity index (χ3v) is 2.31. The molecular formula is C12H16N2O4. The molecule has 1 rings (SSSR count). The van der Waals surface area contributed by atoms with Crippen LogP contribution in [0.25, 0.3) is 0 Å². The maximum absolute atomic E-state index is 11.4. The van der Waals surface area contributed by atoms with E-state index in [1.807, 2.05) is 6.92 Å². The summed E-state index contributed by atoms with van der Waals surface area (Å²) in [6, 6.07) is 3.22. The fourth-order valence-electron chi connectivity index (χ4n) is 1.31. The van der Waals surface area contributed by atoms with Crippen LogP contribution in [0.4, 0.5) is 10.5 Å². The highest BCUT2D eigenvalue weighted by molar-refractivity contribution is 5.94. The van der Waals surface area contributed by atoms with Gasteiger partial charge in [0.1, 0.15) is 5.75 Å². The monoisotopic (exact) mass is 252 g/mol. The van der Waals surface area contributed by atoms with E-state index in [1.54, 1.807) is 0 Å². The van der Waals surface area contributed by atoms with E-state index >= 15 is 0 Å². The first-order chi connectivity index (χ1) is 8.54. The fraction of sp³-hybridized carbons (Fsp3) is 0.333. The van der Waals surface area contributed by atoms with Gasteiger partial charge in [-0.25, -0.2) is 9.59 Å². The Labute approximate surface area is 105 Å². The number of carbonyl (C=O) groups excluding carboxylic acids is 1. The van der Waals surface area contributed by atoms with Gasteiger partial charge < -0.3 is 20.8 Å². The summed E-state index contributed by atoms with van der Waals surface area (Å²) in [7, 11) is 0. The summed E-state index contributed by atoms with van der Waals surface area (Å²) in [6.07, 6.45) is 1.81. The van der Waals surface area contributed by atoms with E-state index in [4.69, 9.17) is 5.11 Å². The van der Waals surface area contributed by atoms with E-state index in [9.17, 15) is 14.7 Å². The SMILES string of the molecule is CCCCNC(=O)Nc1cc(C(=O)O)ccc1O. The first-order valence-corrected chi connectivity index (χ1v) is 5.65. The number of amides is 2. The van der Waals surface area contributed by atoms with Gasteiger partial charge >= 0.3 is 12.0 Å². The molecule has 4 N–H and O–H groups in total. The van der Waals surface area contributed by atoms with Crippen LogP contribution in [-0.4, -0.2) is 28.8 Å². The second kappa shape index (κ2) is 6.48. The molecular weight excluding hydrogens is 236 g/mol. The Balaban J connectivity index is 2.68. The molecule has 1 aromatic rings. The predicted octanol–water partition coefficient (Wildman–Crippen LogP) is 2.01. The third kappa shape index (κ3) is 3.97. The number of phenolic OH excluding ortho intramolecular Hbond substituents is 1. The van der Waals surface area contributed by atoms with Crippen molar-refractivity contribution in [3.05, 3.63) is 23.8 Å². The van der Waals surface area contributed by atoms with Crippen LogP contribution in [0.5, 0.6) is 5.75 Å². The Morgan fingerprint density at radius 2 is 2.06 bits per heavy atom. The highest BCUT2D eigenvalue weighted by Crippen LogP contribution is 2.24. The number of aromatic carboxylic acids is 1. The van der Waals surface area contributed by atoms with Gasteiger partial charge in [0.25, 0.3) is 0 Å². The lowest BCUT2D eigenvalue weighted by atomic mass is 10.2. The van der Waals surface area contributed by atoms with Crippen LogP contribution < -0.4 is 10.6 Å². The molecule has 0 aliphatic heterocycles. The summed E-state index contributed by atoms with van der Waals surface area (Å²) in [6.45, 7) is 2.53. The van der Waals surface area contributed by atoms with Crippen LogP contribution in [-0.2, 0) is 0 Å². The van der Waals surface area contributed by atoms with Crippen LogP contribution in [0, 0.1) is 0 Å². The minimum atomic E-state index is -1.12. The number of carboxylic acid groups (broad SMARTS) is 1. The lowest BCUT2D eigenvalue weighted by Crippen LogP contribution is -2.29. The molecule has 0 radical (unpaired) electrons. The molecule has 98 valence electrons. The highest BCUT2D eigenvalue weighted by atomic mass is 16.4. The smallest absolute Gasteiger partial charge is 0.335 e. The molecule has 0 saturated heterocycles. The van der Waals surface area contributed by atoms with Gasteiger partial charge in [-0.2, -0.15) is 0 Å². The number of unbranched alkanes of at least 4 members (excludes halogenated alkanes) is 1. The quantitative estimate of drug-likeness (QED) is 0.476. The molecule has 0 bridgehead atoms. The molecule has 0 aliphatic carbocycles. The van der Waals surface area contributed by atoms with E-state index in [0.29, 0.717) is 6.54 Å². The molecule has 0 aromatic heterocycles. The highest BCUT2D eigenvalue weighted by Gasteiger charge is 2.10. The standard InChI is InChI=1S/C12H16N2O4/c1-2-3-6-13-12(18)14-9-7-8(11(16)17)4-5-10(9)15/h4-5,7,15H,2-3,6H2,1H3,(H,16,17)(H2,13,14,18). The number of nitrogens with one attached hydrogen (secondary N) is 2. The van der Waals surface area contributed by atoms with Gasteiger partial charge in [0.2, 0.25) is 0 Å². The number of benzene rings is 1. The molecule has 0 atom stereocenters. The van der Waals surface area contributed by atoms with Gasteiger partial charge in [-0.1, -0.05) is 13.3 Å². The van der Waals surface area contributed by atoms with Gasteiger partial charge in [0, 0.05) is 6.54 Å². The molecule has 2 amide bonds. The summed E-state index contributed by atoms with van der Waals surface area (Å²) in [5.41, 5.74) is 0.0700. The van der Waals surface area contributed by atoms with Crippen molar-refractivity contribution < 1.29 is 19.8 Å². The zero-order chi connectivity index (χ0) is 13.5. The lowest BCUT2D eigenvalue weighted by molar-refractivity contribution is 0.0697. The number of phenols is 1. The van der Waals surface area contributed by atoms with Gasteiger partial charge in [-0.15, -0.1) is 0 Å². The fourth-order valence-corrected chi connectivity index (χ4v) is 1.31. The Hall–Kier alpha value is -2.24. The lowest BCUT2D eigenvalue weighted by Gasteiger charge is -2.09. The van der Waals surface area contributed by atoms with E-state index in [-0.39, 0.29) is 17.0 Å². The van der Waals surface area contributed by atoms with E-state index in [1.165, 1.54) is 18.2 Å². The molecule has 18 heavy (non-hydrogen) atoms. The van der Waals surface area contributed by atoms with Crippen molar-refractivity contribution in [2.75, 3.05) is 11.9 Å². The first-order valence-electron chi connectivity index (χ1n) is 5.65. The molecule has 0 unspecified atom stereocenters. The Morgan fingerprint density at radius 1 is 1.33 bits per heavy atom. The van der Waals surface area contributed by atoms with E-state index in [2.05, 4.69) is 10.6 Å². The van der Waals surface area contributed by atoms with Crippen molar-refractivity contribution in [1.29, 1.82) is 0 Å². The number of anilines is 1. The molecule has 0 heterocycles. The molecule has 1 aromatic carbocycles. The number of aromatic hydroxyl groups is 1. The van der Waals surface area contributed by atoms with E-state index < -0.39 is 12.0 Å². The summed E-state index contributed by atoms with van der Waals surface area (Å²) >= 11 is 0. The van der Waals surface area contributed by atoms with Crippen molar-refractivity contribution in [3.63, 3.8) is 0 Å². The number of carboxylic acids is 1. The van der Waals surface area contributed by atoms with Crippen LogP contribution >= 0.6 is 0 Å². The number of hydrogen-bond donors (Lipinski definition) is 4. The van der Waals surface area contributed by atoms with E-state index in [0.717, 1.165) is 12.8 Å². The van der Waals surface area contributed by atoms with Crippen molar-refractivity contribution in [1.82, 2.24) is 5.32 Å². The number of carbonyl (C=O) groups is 2. The summed E-state index contributed by atoms with van der Waals surface area (Å²) in [4.78, 5) is 22.2. The summed E-state index contributed by atoms with van der Waals surface area (Å²) < 4.78 is 0. The first kappa shape index (κ1) is 13.8. The number of rotatable bonds is 5. The second-order valence-corrected chi connectivity index (χ2v) is 3.77. The predicted molar refractivity (Wildman–Crippen MR) is 67.0 cm³/mol. The topological polar surface area (TPSA) is 98.7 Å². The molecule has 0 aliphatic rings. The average molecular weight is 252 g/mol. The van der Waals surface area contributed by atoms with Crippen LogP contribution in [0.15, 0.2) is 18.2 Å². The van der Waals surface area contributed by atoms with Crippen molar-refractivity contribution in [2.45, 2.75) is 19.8 Å². The summed E-state index contributed by atoms with van der Waals surface area (Å²) in [5.74, 6) is -1.30. The maximum Gasteiger partial charge on any atom is 0.335 e. The normalized spacial score (nSPS) is 9.83. The van der Waals surface area contributed by atoms with Gasteiger partial charge in [-0.05, 0) is 24.6 Å². The molecule has 0 fully saturated rings. The largest absolute Gasteiger partial charge is 0.506 e. The van der Waals surface area contributed by atoms with Gasteiger partial charge in [-0.3, -0.25) is 0 Å². The minimum absolute atomic E-state index is 0.00309. The molecule has 6 nitrogen and oxygen atoms in total. The molecule has 0 spiro atoms. The molecule has 0 saturated carbocycles. The van der Waals surface area contributed by atoms with Crippen LogP contribution in [0.3, 0.4) is 0 Å². The van der Waals surface area contributed by atoms with Gasteiger partial charge in [0.05, 0.1) is 11.3 Å².